The first-order valence-corrected chi connectivity index (χ1v) is 9.73. The number of hydrogen-bond acceptors (Lipinski definition) is 4. The summed E-state index contributed by atoms with van der Waals surface area (Å²) < 4.78 is 5.38. The van der Waals surface area contributed by atoms with Crippen LogP contribution in [0.5, 0.6) is 0 Å². The molecule has 1 aliphatic heterocycles. The van der Waals surface area contributed by atoms with Crippen LogP contribution in [0.2, 0.25) is 0 Å². The fourth-order valence-electron chi connectivity index (χ4n) is 3.59. The van der Waals surface area contributed by atoms with Gasteiger partial charge in [0.05, 0.1) is 13.2 Å². The lowest BCUT2D eigenvalue weighted by atomic mass is 10.1. The Hall–Kier alpha value is -2.08. The first-order chi connectivity index (χ1) is 12.7. The van der Waals surface area contributed by atoms with Crippen LogP contribution < -0.4 is 15.5 Å². The van der Waals surface area contributed by atoms with Gasteiger partial charge in [0.2, 0.25) is 0 Å². The third kappa shape index (κ3) is 5.46. The number of anilines is 1. The molecule has 2 fully saturated rings. The number of amides is 2. The number of morpholine rings is 1. The first kappa shape index (κ1) is 18.7. The molecule has 3 rings (SSSR count). The van der Waals surface area contributed by atoms with Gasteiger partial charge in [-0.2, -0.15) is 0 Å². The van der Waals surface area contributed by atoms with Crippen molar-refractivity contribution in [3.8, 4) is 0 Å². The molecule has 1 aromatic rings. The number of benzene rings is 1. The van der Waals surface area contributed by atoms with E-state index >= 15 is 0 Å². The van der Waals surface area contributed by atoms with Crippen LogP contribution in [-0.4, -0.2) is 50.7 Å². The molecule has 1 aliphatic carbocycles. The van der Waals surface area contributed by atoms with Crippen molar-refractivity contribution in [3.63, 3.8) is 0 Å². The Balaban J connectivity index is 1.33. The molecule has 1 saturated carbocycles. The highest BCUT2D eigenvalue weighted by molar-refractivity contribution is 6.35. The molecular weight excluding hydrogens is 330 g/mol. The summed E-state index contributed by atoms with van der Waals surface area (Å²) in [6.07, 6.45) is 5.94. The Kier molecular flexibility index (Phi) is 6.89. The molecule has 0 radical (unpaired) electrons. The van der Waals surface area contributed by atoms with Crippen LogP contribution in [0.3, 0.4) is 0 Å². The van der Waals surface area contributed by atoms with Gasteiger partial charge in [-0.3, -0.25) is 9.59 Å². The monoisotopic (exact) mass is 359 g/mol. The Labute approximate surface area is 155 Å². The van der Waals surface area contributed by atoms with Gasteiger partial charge in [0, 0.05) is 31.4 Å². The van der Waals surface area contributed by atoms with Crippen molar-refractivity contribution < 1.29 is 14.3 Å². The van der Waals surface area contributed by atoms with Crippen molar-refractivity contribution >= 4 is 17.5 Å². The number of ether oxygens (including phenoxy) is 1. The van der Waals surface area contributed by atoms with Crippen LogP contribution in [0.4, 0.5) is 5.69 Å². The maximum atomic E-state index is 11.8. The molecule has 2 amide bonds. The fourth-order valence-corrected chi connectivity index (χ4v) is 3.59. The number of nitrogens with one attached hydrogen (secondary N) is 2. The maximum Gasteiger partial charge on any atom is 0.309 e. The number of carbonyl (C=O) groups excluding carboxylic acids is 2. The zero-order chi connectivity index (χ0) is 18.2. The Morgan fingerprint density at radius 1 is 1.04 bits per heavy atom. The Morgan fingerprint density at radius 2 is 1.73 bits per heavy atom. The lowest BCUT2D eigenvalue weighted by Gasteiger charge is -2.28. The molecule has 2 aliphatic rings. The highest BCUT2D eigenvalue weighted by atomic mass is 16.5. The normalized spacial score (nSPS) is 17.9. The van der Waals surface area contributed by atoms with Crippen molar-refractivity contribution in [3.05, 3.63) is 29.8 Å². The fraction of sp³-hybridized carbons (Fsp3) is 0.600. The standard InChI is InChI=1S/C20H29N3O3/c24-19(20(25)22-17-5-1-2-6-17)21-11-3-4-16-7-9-18(10-8-16)23-12-14-26-15-13-23/h7-10,17H,1-6,11-15H2,(H,21,24)(H,22,25). The smallest absolute Gasteiger partial charge is 0.309 e. The van der Waals surface area contributed by atoms with Crippen LogP contribution in [0.1, 0.15) is 37.7 Å². The van der Waals surface area contributed by atoms with E-state index in [0.29, 0.717) is 6.54 Å². The molecule has 6 heteroatoms. The minimum atomic E-state index is -0.514. The highest BCUT2D eigenvalue weighted by Gasteiger charge is 2.20. The SMILES string of the molecule is O=C(NCCCc1ccc(N2CCOCC2)cc1)C(=O)NC1CCCC1. The predicted molar refractivity (Wildman–Crippen MR) is 101 cm³/mol. The van der Waals surface area contributed by atoms with Gasteiger partial charge in [-0.1, -0.05) is 25.0 Å². The second-order valence-electron chi connectivity index (χ2n) is 7.08. The number of aryl methyl sites for hydroxylation is 1. The van der Waals surface area contributed by atoms with Gasteiger partial charge in [-0.25, -0.2) is 0 Å². The molecule has 0 bridgehead atoms. The molecule has 2 N–H and O–H groups in total. The van der Waals surface area contributed by atoms with Gasteiger partial charge in [-0.05, 0) is 43.4 Å². The van der Waals surface area contributed by atoms with E-state index < -0.39 is 11.8 Å². The van der Waals surface area contributed by atoms with Crippen molar-refractivity contribution in [2.45, 2.75) is 44.6 Å². The summed E-state index contributed by atoms with van der Waals surface area (Å²) in [5.74, 6) is -1.01. The second kappa shape index (κ2) is 9.57. The molecule has 0 unspecified atom stereocenters. The second-order valence-corrected chi connectivity index (χ2v) is 7.08. The van der Waals surface area contributed by atoms with Gasteiger partial charge in [0.15, 0.2) is 0 Å². The number of carbonyl (C=O) groups is 2. The van der Waals surface area contributed by atoms with E-state index in [2.05, 4.69) is 39.8 Å². The third-order valence-corrected chi connectivity index (χ3v) is 5.14. The number of hydrogen-bond donors (Lipinski definition) is 2. The summed E-state index contributed by atoms with van der Waals surface area (Å²) in [6.45, 7) is 3.97. The van der Waals surface area contributed by atoms with Gasteiger partial charge in [-0.15, -0.1) is 0 Å². The quantitative estimate of drug-likeness (QED) is 0.598. The molecule has 26 heavy (non-hydrogen) atoms. The minimum absolute atomic E-state index is 0.179. The van der Waals surface area contributed by atoms with E-state index in [0.717, 1.165) is 64.8 Å². The van der Waals surface area contributed by atoms with E-state index in [-0.39, 0.29) is 6.04 Å². The van der Waals surface area contributed by atoms with Crippen LogP contribution >= 0.6 is 0 Å². The molecule has 142 valence electrons. The summed E-state index contributed by atoms with van der Waals surface area (Å²) in [7, 11) is 0. The van der Waals surface area contributed by atoms with E-state index in [1.807, 2.05) is 0 Å². The van der Waals surface area contributed by atoms with E-state index in [1.165, 1.54) is 11.3 Å². The molecule has 0 aromatic heterocycles. The average Bonchev–Trinajstić information content (AvgIpc) is 3.19. The first-order valence-electron chi connectivity index (χ1n) is 9.73. The van der Waals surface area contributed by atoms with Gasteiger partial charge in [0.25, 0.3) is 0 Å². The molecule has 1 saturated heterocycles. The topological polar surface area (TPSA) is 70.7 Å². The lowest BCUT2D eigenvalue weighted by molar-refractivity contribution is -0.139. The van der Waals surface area contributed by atoms with Crippen LogP contribution in [-0.2, 0) is 20.7 Å². The predicted octanol–water partition coefficient (Wildman–Crippen LogP) is 1.63. The molecular formula is C20H29N3O3. The summed E-state index contributed by atoms with van der Waals surface area (Å²) in [5, 5.41) is 5.53. The van der Waals surface area contributed by atoms with Crippen LogP contribution in [0.15, 0.2) is 24.3 Å². The number of nitrogens with zero attached hydrogens (tertiary/aromatic N) is 1. The van der Waals surface area contributed by atoms with Crippen molar-refractivity contribution in [2.75, 3.05) is 37.7 Å². The van der Waals surface area contributed by atoms with Gasteiger partial charge in [0.1, 0.15) is 0 Å². The zero-order valence-corrected chi connectivity index (χ0v) is 15.3. The molecule has 0 atom stereocenters. The van der Waals surface area contributed by atoms with Gasteiger partial charge < -0.3 is 20.3 Å². The van der Waals surface area contributed by atoms with Gasteiger partial charge >= 0.3 is 11.8 Å². The Bertz CT molecular complexity index is 591. The van der Waals surface area contributed by atoms with Crippen molar-refractivity contribution in [2.24, 2.45) is 0 Å². The number of rotatable bonds is 6. The highest BCUT2D eigenvalue weighted by Crippen LogP contribution is 2.18. The van der Waals surface area contributed by atoms with E-state index in [4.69, 9.17) is 4.74 Å². The third-order valence-electron chi connectivity index (χ3n) is 5.14. The van der Waals surface area contributed by atoms with Crippen LogP contribution in [0.25, 0.3) is 0 Å². The van der Waals surface area contributed by atoms with Crippen molar-refractivity contribution in [1.29, 1.82) is 0 Å². The summed E-state index contributed by atoms with van der Waals surface area (Å²) in [6, 6.07) is 8.75. The average molecular weight is 359 g/mol. The molecule has 1 aromatic carbocycles. The minimum Gasteiger partial charge on any atom is -0.378 e. The summed E-state index contributed by atoms with van der Waals surface area (Å²) in [4.78, 5) is 26.0. The van der Waals surface area contributed by atoms with E-state index in [9.17, 15) is 9.59 Å². The summed E-state index contributed by atoms with van der Waals surface area (Å²) in [5.41, 5.74) is 2.47. The Morgan fingerprint density at radius 3 is 2.42 bits per heavy atom. The van der Waals surface area contributed by atoms with Crippen molar-refractivity contribution in [1.82, 2.24) is 10.6 Å². The largest absolute Gasteiger partial charge is 0.378 e. The molecule has 1 heterocycles. The lowest BCUT2D eigenvalue weighted by Crippen LogP contribution is -2.44. The molecule has 6 nitrogen and oxygen atoms in total. The summed E-state index contributed by atoms with van der Waals surface area (Å²) >= 11 is 0. The zero-order valence-electron chi connectivity index (χ0n) is 15.3. The van der Waals surface area contributed by atoms with E-state index in [1.54, 1.807) is 0 Å². The van der Waals surface area contributed by atoms with Crippen LogP contribution in [0, 0.1) is 0 Å². The molecule has 0 spiro atoms. The maximum absolute atomic E-state index is 11.8.